The third-order valence-corrected chi connectivity index (χ3v) is 2.88. The van der Waals surface area contributed by atoms with Crippen LogP contribution in [0.4, 0.5) is 0 Å². The fraction of sp³-hybridized carbons (Fsp3) is 0.400. The molecule has 0 fully saturated rings. The molecule has 1 aromatic rings. The van der Waals surface area contributed by atoms with E-state index in [1.54, 1.807) is 6.08 Å². The lowest BCUT2D eigenvalue weighted by molar-refractivity contribution is 0.0938. The van der Waals surface area contributed by atoms with E-state index in [2.05, 4.69) is 11.9 Å². The number of nitrogens with two attached hydrogens (primary N) is 1. The second-order valence-corrected chi connectivity index (χ2v) is 4.49. The molecule has 98 valence electrons. The summed E-state index contributed by atoms with van der Waals surface area (Å²) >= 11 is 0. The number of rotatable bonds is 7. The van der Waals surface area contributed by atoms with Crippen molar-refractivity contribution >= 4 is 12.0 Å². The largest absolute Gasteiger partial charge is 0.350 e. The first kappa shape index (κ1) is 14.5. The minimum absolute atomic E-state index is 0.0224. The van der Waals surface area contributed by atoms with Crippen LogP contribution in [0.5, 0.6) is 0 Å². The first-order valence-corrected chi connectivity index (χ1v) is 6.40. The summed E-state index contributed by atoms with van der Waals surface area (Å²) in [6.45, 7) is 6.42. The van der Waals surface area contributed by atoms with Crippen molar-refractivity contribution in [3.8, 4) is 0 Å². The van der Waals surface area contributed by atoms with Crippen LogP contribution in [-0.2, 0) is 0 Å². The molecule has 0 radical (unpaired) electrons. The Morgan fingerprint density at radius 3 is 2.61 bits per heavy atom. The van der Waals surface area contributed by atoms with Gasteiger partial charge < -0.3 is 11.1 Å². The molecule has 0 heterocycles. The first-order valence-electron chi connectivity index (χ1n) is 6.40. The van der Waals surface area contributed by atoms with Crippen molar-refractivity contribution in [2.24, 2.45) is 5.73 Å². The summed E-state index contributed by atoms with van der Waals surface area (Å²) in [5.41, 5.74) is 7.14. The highest BCUT2D eigenvalue weighted by atomic mass is 16.1. The van der Waals surface area contributed by atoms with Crippen molar-refractivity contribution in [3.63, 3.8) is 0 Å². The summed E-state index contributed by atoms with van der Waals surface area (Å²) in [4.78, 5) is 11.9. The van der Waals surface area contributed by atoms with E-state index < -0.39 is 0 Å². The molecular formula is C15H22N2O. The number of hydrogen-bond donors (Lipinski definition) is 2. The van der Waals surface area contributed by atoms with Crippen molar-refractivity contribution < 1.29 is 4.79 Å². The molecule has 3 heteroatoms. The molecule has 0 aromatic heterocycles. The topological polar surface area (TPSA) is 55.1 Å². The van der Waals surface area contributed by atoms with Crippen LogP contribution in [0.1, 0.15) is 42.1 Å². The SMILES string of the molecule is C=Cc1ccc(C(=O)NC(C)CCCCN)cc1. The standard InChI is InChI=1S/C15H22N2O/c1-3-13-7-9-14(10-8-13)15(18)17-12(2)6-4-5-11-16/h3,7-10,12H,1,4-6,11,16H2,2H3,(H,17,18). The Morgan fingerprint density at radius 2 is 2.06 bits per heavy atom. The Balaban J connectivity index is 2.45. The average molecular weight is 246 g/mol. The molecule has 1 unspecified atom stereocenters. The van der Waals surface area contributed by atoms with E-state index >= 15 is 0 Å². The lowest BCUT2D eigenvalue weighted by atomic mass is 10.1. The highest BCUT2D eigenvalue weighted by molar-refractivity contribution is 5.94. The monoisotopic (exact) mass is 246 g/mol. The van der Waals surface area contributed by atoms with E-state index in [9.17, 15) is 4.79 Å². The van der Waals surface area contributed by atoms with Gasteiger partial charge in [0.15, 0.2) is 0 Å². The summed E-state index contributed by atoms with van der Waals surface area (Å²) in [7, 11) is 0. The molecule has 1 atom stereocenters. The third-order valence-electron chi connectivity index (χ3n) is 2.88. The fourth-order valence-electron chi connectivity index (χ4n) is 1.74. The summed E-state index contributed by atoms with van der Waals surface area (Å²) in [6.07, 6.45) is 4.78. The van der Waals surface area contributed by atoms with Crippen LogP contribution in [0, 0.1) is 0 Å². The second kappa shape index (κ2) is 7.67. The molecule has 0 aliphatic heterocycles. The van der Waals surface area contributed by atoms with Gasteiger partial charge in [0.05, 0.1) is 0 Å². The van der Waals surface area contributed by atoms with E-state index in [0.29, 0.717) is 12.1 Å². The zero-order valence-electron chi connectivity index (χ0n) is 11.0. The molecule has 3 N–H and O–H groups in total. The number of benzene rings is 1. The lowest BCUT2D eigenvalue weighted by Gasteiger charge is -2.13. The number of hydrogen-bond acceptors (Lipinski definition) is 2. The van der Waals surface area contributed by atoms with Crippen molar-refractivity contribution in [2.45, 2.75) is 32.2 Å². The van der Waals surface area contributed by atoms with Crippen LogP contribution in [0.25, 0.3) is 6.08 Å². The quantitative estimate of drug-likeness (QED) is 0.726. The molecule has 0 saturated heterocycles. The van der Waals surface area contributed by atoms with E-state index in [0.717, 1.165) is 24.8 Å². The summed E-state index contributed by atoms with van der Waals surface area (Å²) in [5, 5.41) is 2.99. The summed E-state index contributed by atoms with van der Waals surface area (Å²) in [5.74, 6) is -0.0224. The Morgan fingerprint density at radius 1 is 1.39 bits per heavy atom. The maximum atomic E-state index is 11.9. The maximum Gasteiger partial charge on any atom is 0.251 e. The van der Waals surface area contributed by atoms with Gasteiger partial charge in [-0.3, -0.25) is 4.79 Å². The predicted molar refractivity (Wildman–Crippen MR) is 76.4 cm³/mol. The van der Waals surface area contributed by atoms with Crippen LogP contribution in [0.2, 0.25) is 0 Å². The van der Waals surface area contributed by atoms with E-state index in [-0.39, 0.29) is 11.9 Å². The van der Waals surface area contributed by atoms with Gasteiger partial charge in [0, 0.05) is 11.6 Å². The zero-order valence-corrected chi connectivity index (χ0v) is 11.0. The number of nitrogens with one attached hydrogen (secondary N) is 1. The van der Waals surface area contributed by atoms with E-state index in [1.807, 2.05) is 31.2 Å². The zero-order chi connectivity index (χ0) is 13.4. The lowest BCUT2D eigenvalue weighted by Crippen LogP contribution is -2.32. The molecule has 1 aromatic carbocycles. The molecule has 0 saturated carbocycles. The Hall–Kier alpha value is -1.61. The first-order chi connectivity index (χ1) is 8.67. The highest BCUT2D eigenvalue weighted by Crippen LogP contribution is 2.07. The van der Waals surface area contributed by atoms with Gasteiger partial charge in [0.2, 0.25) is 0 Å². The Labute approximate surface area is 109 Å². The highest BCUT2D eigenvalue weighted by Gasteiger charge is 2.08. The van der Waals surface area contributed by atoms with Crippen LogP contribution in [-0.4, -0.2) is 18.5 Å². The minimum Gasteiger partial charge on any atom is -0.350 e. The Kier molecular flexibility index (Phi) is 6.15. The number of carbonyl (C=O) groups excluding carboxylic acids is 1. The fourth-order valence-corrected chi connectivity index (χ4v) is 1.74. The second-order valence-electron chi connectivity index (χ2n) is 4.49. The van der Waals surface area contributed by atoms with Crippen molar-refractivity contribution in [1.82, 2.24) is 5.32 Å². The van der Waals surface area contributed by atoms with Crippen LogP contribution >= 0.6 is 0 Å². The van der Waals surface area contributed by atoms with Gasteiger partial charge >= 0.3 is 0 Å². The molecule has 0 spiro atoms. The van der Waals surface area contributed by atoms with Gasteiger partial charge in [-0.25, -0.2) is 0 Å². The van der Waals surface area contributed by atoms with Gasteiger partial charge in [-0.2, -0.15) is 0 Å². The molecule has 1 rings (SSSR count). The van der Waals surface area contributed by atoms with Crippen molar-refractivity contribution in [1.29, 1.82) is 0 Å². The van der Waals surface area contributed by atoms with Gasteiger partial charge in [-0.05, 0) is 44.0 Å². The molecule has 18 heavy (non-hydrogen) atoms. The minimum atomic E-state index is -0.0224. The van der Waals surface area contributed by atoms with Crippen LogP contribution in [0.3, 0.4) is 0 Å². The molecule has 0 bridgehead atoms. The van der Waals surface area contributed by atoms with Crippen LogP contribution < -0.4 is 11.1 Å². The van der Waals surface area contributed by atoms with E-state index in [1.165, 1.54) is 0 Å². The van der Waals surface area contributed by atoms with Crippen LogP contribution in [0.15, 0.2) is 30.8 Å². The molecular weight excluding hydrogens is 224 g/mol. The number of amides is 1. The van der Waals surface area contributed by atoms with Gasteiger partial charge in [-0.15, -0.1) is 0 Å². The Bertz CT molecular complexity index is 384. The van der Waals surface area contributed by atoms with Gasteiger partial charge in [0.1, 0.15) is 0 Å². The summed E-state index contributed by atoms with van der Waals surface area (Å²) in [6, 6.07) is 7.60. The van der Waals surface area contributed by atoms with Crippen molar-refractivity contribution in [2.75, 3.05) is 6.54 Å². The van der Waals surface area contributed by atoms with E-state index in [4.69, 9.17) is 5.73 Å². The average Bonchev–Trinajstić information content (AvgIpc) is 2.39. The maximum absolute atomic E-state index is 11.9. The third kappa shape index (κ3) is 4.72. The molecule has 1 amide bonds. The van der Waals surface area contributed by atoms with Gasteiger partial charge in [0.25, 0.3) is 5.91 Å². The molecule has 3 nitrogen and oxygen atoms in total. The number of carbonyl (C=O) groups is 1. The summed E-state index contributed by atoms with van der Waals surface area (Å²) < 4.78 is 0. The smallest absolute Gasteiger partial charge is 0.251 e. The normalized spacial score (nSPS) is 11.9. The van der Waals surface area contributed by atoms with Crippen molar-refractivity contribution in [3.05, 3.63) is 42.0 Å². The predicted octanol–water partition coefficient (Wildman–Crippen LogP) is 2.58. The molecule has 0 aliphatic carbocycles. The number of unbranched alkanes of at least 4 members (excludes halogenated alkanes) is 1. The van der Waals surface area contributed by atoms with Gasteiger partial charge in [-0.1, -0.05) is 31.2 Å². The molecule has 0 aliphatic rings.